The molecule has 0 aromatic carbocycles. The molecular formula is C11H19N3O3. The van der Waals surface area contributed by atoms with Crippen molar-refractivity contribution in [1.82, 2.24) is 15.0 Å². The maximum Gasteiger partial charge on any atom is 0.358 e. The molecule has 0 atom stereocenters. The Hall–Kier alpha value is -1.43. The number of carboxylic acid groups (broad SMARTS) is 1. The average molecular weight is 241 g/mol. The predicted octanol–water partition coefficient (Wildman–Crippen LogP) is 1.53. The fraction of sp³-hybridized carbons (Fsp3) is 0.727. The molecule has 1 aromatic rings. The van der Waals surface area contributed by atoms with E-state index in [1.165, 1.54) is 0 Å². The van der Waals surface area contributed by atoms with Crippen LogP contribution in [-0.2, 0) is 11.3 Å². The number of rotatable bonds is 7. The number of carbonyl (C=O) groups is 1. The number of ether oxygens (including phenoxy) is 1. The van der Waals surface area contributed by atoms with Gasteiger partial charge in [0.15, 0.2) is 5.69 Å². The minimum atomic E-state index is -1.02. The first-order valence-corrected chi connectivity index (χ1v) is 5.82. The van der Waals surface area contributed by atoms with Crippen molar-refractivity contribution in [1.29, 1.82) is 0 Å². The fourth-order valence-electron chi connectivity index (χ4n) is 1.67. The number of hydrogen-bond acceptors (Lipinski definition) is 4. The zero-order valence-corrected chi connectivity index (χ0v) is 10.5. The number of aromatic carboxylic acids is 1. The Labute approximate surface area is 101 Å². The summed E-state index contributed by atoms with van der Waals surface area (Å²) < 4.78 is 6.89. The molecule has 0 amide bonds. The SMILES string of the molecule is CCOCCCn1nnc(C(=O)O)c1C(C)C. The van der Waals surface area contributed by atoms with Gasteiger partial charge >= 0.3 is 5.97 Å². The minimum absolute atomic E-state index is 0.0522. The number of aromatic nitrogens is 3. The normalized spacial score (nSPS) is 11.1. The van der Waals surface area contributed by atoms with Crippen molar-refractivity contribution in [2.75, 3.05) is 13.2 Å². The summed E-state index contributed by atoms with van der Waals surface area (Å²) in [5, 5.41) is 16.6. The summed E-state index contributed by atoms with van der Waals surface area (Å²) in [5.41, 5.74) is 0.727. The highest BCUT2D eigenvalue weighted by Crippen LogP contribution is 2.17. The van der Waals surface area contributed by atoms with Crippen LogP contribution in [0.3, 0.4) is 0 Å². The standard InChI is InChI=1S/C11H19N3O3/c1-4-17-7-5-6-14-10(8(2)3)9(11(15)16)12-13-14/h8H,4-7H2,1-3H3,(H,15,16). The zero-order chi connectivity index (χ0) is 12.8. The van der Waals surface area contributed by atoms with Crippen molar-refractivity contribution in [2.45, 2.75) is 39.7 Å². The van der Waals surface area contributed by atoms with Gasteiger partial charge in [-0.2, -0.15) is 0 Å². The van der Waals surface area contributed by atoms with Crippen molar-refractivity contribution >= 4 is 5.97 Å². The lowest BCUT2D eigenvalue weighted by atomic mass is 10.1. The topological polar surface area (TPSA) is 77.2 Å². The largest absolute Gasteiger partial charge is 0.476 e. The Morgan fingerprint density at radius 2 is 2.24 bits per heavy atom. The summed E-state index contributed by atoms with van der Waals surface area (Å²) in [5.74, 6) is -0.937. The lowest BCUT2D eigenvalue weighted by Gasteiger charge is -2.09. The van der Waals surface area contributed by atoms with Gasteiger partial charge in [0.1, 0.15) is 0 Å². The summed E-state index contributed by atoms with van der Waals surface area (Å²) in [6.07, 6.45) is 0.802. The first kappa shape index (κ1) is 13.6. The molecule has 0 spiro atoms. The van der Waals surface area contributed by atoms with E-state index in [4.69, 9.17) is 9.84 Å². The molecule has 96 valence electrons. The molecule has 1 rings (SSSR count). The highest BCUT2D eigenvalue weighted by Gasteiger charge is 2.20. The van der Waals surface area contributed by atoms with Crippen molar-refractivity contribution in [3.8, 4) is 0 Å². The third-order valence-electron chi connectivity index (χ3n) is 2.39. The quantitative estimate of drug-likeness (QED) is 0.732. The molecule has 1 aromatic heterocycles. The van der Waals surface area contributed by atoms with E-state index in [0.29, 0.717) is 25.5 Å². The second kappa shape index (κ2) is 6.34. The number of nitrogens with zero attached hydrogens (tertiary/aromatic N) is 3. The highest BCUT2D eigenvalue weighted by molar-refractivity contribution is 5.86. The van der Waals surface area contributed by atoms with Crippen LogP contribution in [0.4, 0.5) is 0 Å². The Balaban J connectivity index is 2.74. The van der Waals surface area contributed by atoms with Crippen molar-refractivity contribution in [3.63, 3.8) is 0 Å². The van der Waals surface area contributed by atoms with Crippen LogP contribution < -0.4 is 0 Å². The average Bonchev–Trinajstić information content (AvgIpc) is 2.68. The van der Waals surface area contributed by atoms with Crippen LogP contribution in [-0.4, -0.2) is 39.3 Å². The first-order chi connectivity index (χ1) is 8.07. The van der Waals surface area contributed by atoms with E-state index in [0.717, 1.165) is 6.42 Å². The highest BCUT2D eigenvalue weighted by atomic mass is 16.5. The molecule has 6 heteroatoms. The van der Waals surface area contributed by atoms with Gasteiger partial charge in [-0.1, -0.05) is 19.1 Å². The lowest BCUT2D eigenvalue weighted by molar-refractivity contribution is 0.0688. The van der Waals surface area contributed by atoms with Crippen LogP contribution in [0.5, 0.6) is 0 Å². The van der Waals surface area contributed by atoms with Gasteiger partial charge in [-0.3, -0.25) is 0 Å². The lowest BCUT2D eigenvalue weighted by Crippen LogP contribution is -2.11. The van der Waals surface area contributed by atoms with Crippen LogP contribution in [0, 0.1) is 0 Å². The van der Waals surface area contributed by atoms with Gasteiger partial charge in [0.25, 0.3) is 0 Å². The molecule has 6 nitrogen and oxygen atoms in total. The van der Waals surface area contributed by atoms with Gasteiger partial charge in [0.05, 0.1) is 5.69 Å². The molecular weight excluding hydrogens is 222 g/mol. The van der Waals surface area contributed by atoms with Gasteiger partial charge in [-0.05, 0) is 19.3 Å². The maximum atomic E-state index is 11.0. The number of aryl methyl sites for hydroxylation is 1. The number of carboxylic acids is 1. The molecule has 1 heterocycles. The van der Waals surface area contributed by atoms with E-state index in [1.54, 1.807) is 4.68 Å². The van der Waals surface area contributed by atoms with Crippen LogP contribution in [0.25, 0.3) is 0 Å². The molecule has 0 bridgehead atoms. The monoisotopic (exact) mass is 241 g/mol. The molecule has 0 fully saturated rings. The molecule has 0 radical (unpaired) electrons. The summed E-state index contributed by atoms with van der Waals surface area (Å²) in [6.45, 7) is 7.78. The second-order valence-corrected chi connectivity index (χ2v) is 4.06. The third kappa shape index (κ3) is 3.52. The van der Waals surface area contributed by atoms with E-state index >= 15 is 0 Å². The van der Waals surface area contributed by atoms with Gasteiger partial charge in [0, 0.05) is 19.8 Å². The molecule has 1 N–H and O–H groups in total. The molecule has 0 saturated heterocycles. The molecule has 17 heavy (non-hydrogen) atoms. The van der Waals surface area contributed by atoms with E-state index in [2.05, 4.69) is 10.3 Å². The zero-order valence-electron chi connectivity index (χ0n) is 10.5. The maximum absolute atomic E-state index is 11.0. The molecule has 0 aliphatic carbocycles. The Bertz CT molecular complexity index is 374. The smallest absolute Gasteiger partial charge is 0.358 e. The van der Waals surface area contributed by atoms with Gasteiger partial charge in [-0.25, -0.2) is 9.48 Å². The third-order valence-corrected chi connectivity index (χ3v) is 2.39. The molecule has 0 aliphatic rings. The van der Waals surface area contributed by atoms with E-state index < -0.39 is 5.97 Å². The molecule has 0 unspecified atom stereocenters. The van der Waals surface area contributed by atoms with Crippen molar-refractivity contribution in [3.05, 3.63) is 11.4 Å². The first-order valence-electron chi connectivity index (χ1n) is 5.82. The fourth-order valence-corrected chi connectivity index (χ4v) is 1.67. The summed E-state index contributed by atoms with van der Waals surface area (Å²) in [4.78, 5) is 11.0. The molecule has 0 saturated carbocycles. The van der Waals surface area contributed by atoms with E-state index in [1.807, 2.05) is 20.8 Å². The van der Waals surface area contributed by atoms with Gasteiger partial charge in [-0.15, -0.1) is 5.10 Å². The summed E-state index contributed by atoms with van der Waals surface area (Å²) in [7, 11) is 0. The summed E-state index contributed by atoms with van der Waals surface area (Å²) in [6, 6.07) is 0. The second-order valence-electron chi connectivity index (χ2n) is 4.06. The van der Waals surface area contributed by atoms with Crippen LogP contribution in [0.1, 0.15) is 49.3 Å². The Morgan fingerprint density at radius 3 is 2.76 bits per heavy atom. The molecule has 0 aliphatic heterocycles. The number of hydrogen-bond donors (Lipinski definition) is 1. The minimum Gasteiger partial charge on any atom is -0.476 e. The van der Waals surface area contributed by atoms with Gasteiger partial charge < -0.3 is 9.84 Å². The van der Waals surface area contributed by atoms with E-state index in [-0.39, 0.29) is 11.6 Å². The van der Waals surface area contributed by atoms with Crippen molar-refractivity contribution < 1.29 is 14.6 Å². The van der Waals surface area contributed by atoms with Crippen molar-refractivity contribution in [2.24, 2.45) is 0 Å². The Kier molecular flexibility index (Phi) is 5.09. The van der Waals surface area contributed by atoms with E-state index in [9.17, 15) is 4.79 Å². The predicted molar refractivity (Wildman–Crippen MR) is 62.2 cm³/mol. The van der Waals surface area contributed by atoms with Crippen LogP contribution in [0.15, 0.2) is 0 Å². The Morgan fingerprint density at radius 1 is 1.53 bits per heavy atom. The summed E-state index contributed by atoms with van der Waals surface area (Å²) >= 11 is 0. The van der Waals surface area contributed by atoms with Gasteiger partial charge in [0.2, 0.25) is 0 Å². The van der Waals surface area contributed by atoms with Crippen LogP contribution in [0.2, 0.25) is 0 Å². The van der Waals surface area contributed by atoms with Crippen LogP contribution >= 0.6 is 0 Å².